The Morgan fingerprint density at radius 1 is 1.47 bits per heavy atom. The average molecular weight is 232 g/mol. The van der Waals surface area contributed by atoms with Gasteiger partial charge in [0.05, 0.1) is 5.92 Å². The number of nitrogens with one attached hydrogen (secondary N) is 1. The highest BCUT2D eigenvalue weighted by molar-refractivity contribution is 5.79. The SMILES string of the molecule is Cc1ccc(C)c(C2(C)CNCC2C(N)=O)c1. The molecule has 2 rings (SSSR count). The van der Waals surface area contributed by atoms with Crippen molar-refractivity contribution in [3.8, 4) is 0 Å². The summed E-state index contributed by atoms with van der Waals surface area (Å²) in [4.78, 5) is 11.6. The molecule has 1 aliphatic heterocycles. The van der Waals surface area contributed by atoms with Crippen molar-refractivity contribution in [1.29, 1.82) is 0 Å². The number of primary amides is 1. The van der Waals surface area contributed by atoms with Crippen LogP contribution in [0.1, 0.15) is 23.6 Å². The van der Waals surface area contributed by atoms with E-state index in [1.165, 1.54) is 16.7 Å². The maximum atomic E-state index is 11.6. The summed E-state index contributed by atoms with van der Waals surface area (Å²) in [6.45, 7) is 7.79. The van der Waals surface area contributed by atoms with Gasteiger partial charge in [-0.3, -0.25) is 4.79 Å². The molecule has 1 amide bonds. The van der Waals surface area contributed by atoms with Crippen LogP contribution in [0, 0.1) is 19.8 Å². The van der Waals surface area contributed by atoms with Gasteiger partial charge in [-0.2, -0.15) is 0 Å². The molecular formula is C14H20N2O. The predicted octanol–water partition coefficient (Wildman–Crippen LogP) is 1.27. The lowest BCUT2D eigenvalue weighted by Crippen LogP contribution is -2.40. The summed E-state index contributed by atoms with van der Waals surface area (Å²) in [6, 6.07) is 6.40. The highest BCUT2D eigenvalue weighted by Gasteiger charge is 2.44. The first-order valence-electron chi connectivity index (χ1n) is 6.03. The molecule has 2 unspecified atom stereocenters. The molecule has 1 aliphatic rings. The Balaban J connectivity index is 2.50. The van der Waals surface area contributed by atoms with Crippen LogP contribution in [-0.4, -0.2) is 19.0 Å². The molecule has 1 aromatic rings. The number of amides is 1. The van der Waals surface area contributed by atoms with E-state index in [-0.39, 0.29) is 17.2 Å². The quantitative estimate of drug-likeness (QED) is 0.806. The first kappa shape index (κ1) is 12.1. The van der Waals surface area contributed by atoms with Crippen LogP contribution in [0.4, 0.5) is 0 Å². The summed E-state index contributed by atoms with van der Waals surface area (Å²) >= 11 is 0. The Morgan fingerprint density at radius 2 is 2.18 bits per heavy atom. The number of benzene rings is 1. The van der Waals surface area contributed by atoms with Crippen molar-refractivity contribution in [1.82, 2.24) is 5.32 Å². The van der Waals surface area contributed by atoms with E-state index in [0.29, 0.717) is 6.54 Å². The first-order chi connectivity index (χ1) is 7.95. The van der Waals surface area contributed by atoms with Gasteiger partial charge in [0, 0.05) is 18.5 Å². The predicted molar refractivity (Wildman–Crippen MR) is 68.8 cm³/mol. The fourth-order valence-corrected chi connectivity index (χ4v) is 2.87. The lowest BCUT2D eigenvalue weighted by Gasteiger charge is -2.31. The van der Waals surface area contributed by atoms with E-state index in [4.69, 9.17) is 5.73 Å². The number of rotatable bonds is 2. The van der Waals surface area contributed by atoms with E-state index in [1.54, 1.807) is 0 Å². The van der Waals surface area contributed by atoms with Gasteiger partial charge in [0.15, 0.2) is 0 Å². The van der Waals surface area contributed by atoms with Crippen LogP contribution in [0.3, 0.4) is 0 Å². The molecule has 0 saturated carbocycles. The lowest BCUT2D eigenvalue weighted by molar-refractivity contribution is -0.122. The fraction of sp³-hybridized carbons (Fsp3) is 0.500. The molecule has 92 valence electrons. The van der Waals surface area contributed by atoms with Crippen molar-refractivity contribution in [3.05, 3.63) is 34.9 Å². The Labute approximate surface area is 102 Å². The van der Waals surface area contributed by atoms with Crippen LogP contribution in [0.2, 0.25) is 0 Å². The molecule has 3 N–H and O–H groups in total. The van der Waals surface area contributed by atoms with E-state index in [1.807, 2.05) is 0 Å². The number of hydrogen-bond acceptors (Lipinski definition) is 2. The minimum atomic E-state index is -0.210. The maximum absolute atomic E-state index is 11.6. The topological polar surface area (TPSA) is 55.1 Å². The third-order valence-electron chi connectivity index (χ3n) is 3.96. The van der Waals surface area contributed by atoms with Crippen LogP contribution in [-0.2, 0) is 10.2 Å². The molecule has 17 heavy (non-hydrogen) atoms. The Bertz CT molecular complexity index is 456. The van der Waals surface area contributed by atoms with E-state index in [0.717, 1.165) is 6.54 Å². The molecule has 3 nitrogen and oxygen atoms in total. The summed E-state index contributed by atoms with van der Waals surface area (Å²) in [7, 11) is 0. The van der Waals surface area contributed by atoms with Crippen molar-refractivity contribution in [2.24, 2.45) is 11.7 Å². The molecule has 1 aromatic carbocycles. The summed E-state index contributed by atoms with van der Waals surface area (Å²) < 4.78 is 0. The van der Waals surface area contributed by atoms with E-state index in [9.17, 15) is 4.79 Å². The van der Waals surface area contributed by atoms with Crippen molar-refractivity contribution in [2.45, 2.75) is 26.2 Å². The maximum Gasteiger partial charge on any atom is 0.222 e. The zero-order valence-corrected chi connectivity index (χ0v) is 10.7. The largest absolute Gasteiger partial charge is 0.369 e. The monoisotopic (exact) mass is 232 g/mol. The normalized spacial score (nSPS) is 28.3. The second-order valence-corrected chi connectivity index (χ2v) is 5.32. The van der Waals surface area contributed by atoms with Gasteiger partial charge in [-0.1, -0.05) is 30.7 Å². The third kappa shape index (κ3) is 1.95. The molecular weight excluding hydrogens is 212 g/mol. The average Bonchev–Trinajstić information content (AvgIpc) is 2.65. The second kappa shape index (κ2) is 4.15. The van der Waals surface area contributed by atoms with Gasteiger partial charge < -0.3 is 11.1 Å². The minimum absolute atomic E-state index is 0.122. The smallest absolute Gasteiger partial charge is 0.222 e. The Morgan fingerprint density at radius 3 is 2.82 bits per heavy atom. The fourth-order valence-electron chi connectivity index (χ4n) is 2.87. The number of nitrogens with two attached hydrogens (primary N) is 1. The highest BCUT2D eigenvalue weighted by Crippen LogP contribution is 2.37. The number of carbonyl (C=O) groups excluding carboxylic acids is 1. The summed E-state index contributed by atoms with van der Waals surface area (Å²) in [6.07, 6.45) is 0. The van der Waals surface area contributed by atoms with Gasteiger partial charge in [0.25, 0.3) is 0 Å². The van der Waals surface area contributed by atoms with Crippen molar-refractivity contribution < 1.29 is 4.79 Å². The molecule has 0 radical (unpaired) electrons. The van der Waals surface area contributed by atoms with Crippen LogP contribution in [0.25, 0.3) is 0 Å². The summed E-state index contributed by atoms with van der Waals surface area (Å²) in [5.74, 6) is -0.332. The van der Waals surface area contributed by atoms with Crippen LogP contribution in [0.15, 0.2) is 18.2 Å². The van der Waals surface area contributed by atoms with Crippen LogP contribution in [0.5, 0.6) is 0 Å². The van der Waals surface area contributed by atoms with Crippen molar-refractivity contribution in [2.75, 3.05) is 13.1 Å². The van der Waals surface area contributed by atoms with Gasteiger partial charge in [0.1, 0.15) is 0 Å². The van der Waals surface area contributed by atoms with Gasteiger partial charge in [-0.15, -0.1) is 0 Å². The van der Waals surface area contributed by atoms with Gasteiger partial charge in [-0.25, -0.2) is 0 Å². The standard InChI is InChI=1S/C14H20N2O/c1-9-4-5-10(2)11(6-9)14(3)8-16-7-12(14)13(15)17/h4-6,12,16H,7-8H2,1-3H3,(H2,15,17). The molecule has 0 bridgehead atoms. The van der Waals surface area contributed by atoms with Crippen LogP contribution >= 0.6 is 0 Å². The second-order valence-electron chi connectivity index (χ2n) is 5.32. The summed E-state index contributed by atoms with van der Waals surface area (Å²) in [5, 5.41) is 3.29. The van der Waals surface area contributed by atoms with Gasteiger partial charge >= 0.3 is 0 Å². The summed E-state index contributed by atoms with van der Waals surface area (Å²) in [5.41, 5.74) is 9.04. The van der Waals surface area contributed by atoms with E-state index < -0.39 is 0 Å². The molecule has 0 aromatic heterocycles. The Hall–Kier alpha value is -1.35. The van der Waals surface area contributed by atoms with E-state index >= 15 is 0 Å². The van der Waals surface area contributed by atoms with Crippen LogP contribution < -0.4 is 11.1 Å². The molecule has 1 saturated heterocycles. The molecule has 0 aliphatic carbocycles. The number of carbonyl (C=O) groups is 1. The third-order valence-corrected chi connectivity index (χ3v) is 3.96. The molecule has 3 heteroatoms. The van der Waals surface area contributed by atoms with Crippen molar-refractivity contribution in [3.63, 3.8) is 0 Å². The van der Waals surface area contributed by atoms with Crippen molar-refractivity contribution >= 4 is 5.91 Å². The van der Waals surface area contributed by atoms with E-state index in [2.05, 4.69) is 44.3 Å². The molecule has 2 atom stereocenters. The first-order valence-corrected chi connectivity index (χ1v) is 6.03. The van der Waals surface area contributed by atoms with Gasteiger partial charge in [-0.05, 0) is 25.0 Å². The minimum Gasteiger partial charge on any atom is -0.369 e. The van der Waals surface area contributed by atoms with Gasteiger partial charge in [0.2, 0.25) is 5.91 Å². The molecule has 1 heterocycles. The highest BCUT2D eigenvalue weighted by atomic mass is 16.1. The molecule has 1 fully saturated rings. The lowest BCUT2D eigenvalue weighted by atomic mass is 9.72. The number of aryl methyl sites for hydroxylation is 2. The zero-order valence-electron chi connectivity index (χ0n) is 10.7. The zero-order chi connectivity index (χ0) is 12.6. The molecule has 0 spiro atoms. The Kier molecular flexibility index (Phi) is 2.96. The number of hydrogen-bond donors (Lipinski definition) is 2.